The number of hydrogen-bond donors (Lipinski definition) is 0. The number of rotatable bonds is 2. The molecule has 0 amide bonds. The first-order chi connectivity index (χ1) is 13.6. The smallest absolute Gasteiger partial charge is 0.213 e. The fourth-order valence-corrected chi connectivity index (χ4v) is 4.49. The standard InChI is InChI=1S/C19H11BrF2N4OS/c20-10-1-3-13-16(7-10)27-6-5-17-18(13)24-19(28-17)26-15(9-23-25-26)12-4-2-11(21)8-14(12)22/h1-4,7-9H,5-6H2. The molecular weight excluding hydrogens is 450 g/mol. The fraction of sp³-hybridized carbons (Fsp3) is 0.105. The maximum Gasteiger partial charge on any atom is 0.213 e. The van der Waals surface area contributed by atoms with Crippen LogP contribution in [-0.2, 0) is 6.42 Å². The summed E-state index contributed by atoms with van der Waals surface area (Å²) in [5.74, 6) is -0.553. The average Bonchev–Trinajstić information content (AvgIpc) is 3.26. The van der Waals surface area contributed by atoms with Crippen LogP contribution in [0.4, 0.5) is 8.78 Å². The van der Waals surface area contributed by atoms with Crippen molar-refractivity contribution in [2.24, 2.45) is 0 Å². The first kappa shape index (κ1) is 17.4. The molecule has 1 aliphatic heterocycles. The Morgan fingerprint density at radius 3 is 2.82 bits per heavy atom. The van der Waals surface area contributed by atoms with Crippen molar-refractivity contribution in [3.8, 4) is 33.4 Å². The number of hydrogen-bond acceptors (Lipinski definition) is 5. The Labute approximate surface area is 170 Å². The molecule has 140 valence electrons. The number of fused-ring (bicyclic) bond motifs is 3. The molecule has 2 aromatic carbocycles. The van der Waals surface area contributed by atoms with Crippen molar-refractivity contribution >= 4 is 27.3 Å². The summed E-state index contributed by atoms with van der Waals surface area (Å²) in [6.07, 6.45) is 2.14. The van der Waals surface area contributed by atoms with Crippen LogP contribution in [0.3, 0.4) is 0 Å². The Morgan fingerprint density at radius 2 is 1.96 bits per heavy atom. The number of nitrogens with zero attached hydrogens (tertiary/aromatic N) is 4. The number of benzene rings is 2. The van der Waals surface area contributed by atoms with Gasteiger partial charge in [0.1, 0.15) is 17.4 Å². The highest BCUT2D eigenvalue weighted by molar-refractivity contribution is 9.10. The quantitative estimate of drug-likeness (QED) is 0.420. The van der Waals surface area contributed by atoms with Gasteiger partial charge in [-0.1, -0.05) is 32.5 Å². The SMILES string of the molecule is Fc1ccc(-c2cnnn2-c2nc3c(s2)CCOc2cc(Br)ccc2-3)c(F)c1. The summed E-state index contributed by atoms with van der Waals surface area (Å²) in [7, 11) is 0. The number of halogens is 3. The molecule has 0 fully saturated rings. The van der Waals surface area contributed by atoms with E-state index in [1.807, 2.05) is 18.2 Å². The van der Waals surface area contributed by atoms with Crippen LogP contribution in [0.15, 0.2) is 47.1 Å². The van der Waals surface area contributed by atoms with E-state index in [9.17, 15) is 8.78 Å². The van der Waals surface area contributed by atoms with Crippen molar-refractivity contribution in [2.45, 2.75) is 6.42 Å². The second kappa shape index (κ2) is 6.75. The normalized spacial score (nSPS) is 12.8. The van der Waals surface area contributed by atoms with Crippen molar-refractivity contribution in [2.75, 3.05) is 6.61 Å². The molecule has 9 heteroatoms. The van der Waals surface area contributed by atoms with E-state index in [0.717, 1.165) is 32.4 Å². The zero-order chi connectivity index (χ0) is 19.3. The minimum absolute atomic E-state index is 0.212. The Bertz CT molecular complexity index is 1210. The zero-order valence-corrected chi connectivity index (χ0v) is 16.6. The lowest BCUT2D eigenvalue weighted by Gasteiger charge is -2.07. The average molecular weight is 461 g/mol. The van der Waals surface area contributed by atoms with Gasteiger partial charge in [-0.3, -0.25) is 0 Å². The van der Waals surface area contributed by atoms with Crippen LogP contribution in [0.5, 0.6) is 5.75 Å². The van der Waals surface area contributed by atoms with Crippen LogP contribution in [0, 0.1) is 11.6 Å². The molecular formula is C19H11BrF2N4OS. The van der Waals surface area contributed by atoms with Gasteiger partial charge in [-0.25, -0.2) is 13.8 Å². The van der Waals surface area contributed by atoms with Crippen molar-refractivity contribution in [1.82, 2.24) is 20.0 Å². The summed E-state index contributed by atoms with van der Waals surface area (Å²) < 4.78 is 35.8. The maximum absolute atomic E-state index is 14.3. The fourth-order valence-electron chi connectivity index (χ4n) is 3.13. The third kappa shape index (κ3) is 2.91. The molecule has 5 nitrogen and oxygen atoms in total. The molecule has 0 bridgehead atoms. The monoisotopic (exact) mass is 460 g/mol. The molecule has 1 aliphatic rings. The predicted octanol–water partition coefficient (Wildman–Crippen LogP) is 5.03. The minimum Gasteiger partial charge on any atom is -0.492 e. The summed E-state index contributed by atoms with van der Waals surface area (Å²) in [5, 5.41) is 8.55. The van der Waals surface area contributed by atoms with Crippen LogP contribution in [0.25, 0.3) is 27.6 Å². The lowest BCUT2D eigenvalue weighted by Crippen LogP contribution is -2.01. The van der Waals surface area contributed by atoms with Crippen LogP contribution >= 0.6 is 27.3 Å². The topological polar surface area (TPSA) is 52.8 Å². The molecule has 3 heterocycles. The summed E-state index contributed by atoms with van der Waals surface area (Å²) in [5.41, 5.74) is 2.34. The van der Waals surface area contributed by atoms with Gasteiger partial charge in [-0.15, -0.1) is 5.10 Å². The summed E-state index contributed by atoms with van der Waals surface area (Å²) >= 11 is 4.91. The largest absolute Gasteiger partial charge is 0.492 e. The lowest BCUT2D eigenvalue weighted by molar-refractivity contribution is 0.327. The first-order valence-corrected chi connectivity index (χ1v) is 10.00. The Hall–Kier alpha value is -2.65. The number of thiazole rings is 1. The molecule has 0 saturated heterocycles. The van der Waals surface area contributed by atoms with Gasteiger partial charge in [0.2, 0.25) is 5.13 Å². The van der Waals surface area contributed by atoms with Gasteiger partial charge in [0.15, 0.2) is 0 Å². The number of ether oxygens (including phenoxy) is 1. The second-order valence-corrected chi connectivity index (χ2v) is 8.14. The second-order valence-electron chi connectivity index (χ2n) is 6.16. The van der Waals surface area contributed by atoms with Gasteiger partial charge >= 0.3 is 0 Å². The predicted molar refractivity (Wildman–Crippen MR) is 105 cm³/mol. The van der Waals surface area contributed by atoms with E-state index >= 15 is 0 Å². The first-order valence-electron chi connectivity index (χ1n) is 8.39. The molecule has 0 atom stereocenters. The van der Waals surface area contributed by atoms with Gasteiger partial charge in [0.05, 0.1) is 24.2 Å². The molecule has 0 unspecified atom stereocenters. The molecule has 2 aromatic heterocycles. The van der Waals surface area contributed by atoms with E-state index in [2.05, 4.69) is 26.2 Å². The van der Waals surface area contributed by atoms with E-state index in [1.165, 1.54) is 34.3 Å². The molecule has 0 aliphatic carbocycles. The van der Waals surface area contributed by atoms with Crippen molar-refractivity contribution in [3.05, 3.63) is 63.6 Å². The lowest BCUT2D eigenvalue weighted by atomic mass is 10.1. The van der Waals surface area contributed by atoms with Crippen LogP contribution in [0.1, 0.15) is 4.88 Å². The highest BCUT2D eigenvalue weighted by Gasteiger charge is 2.23. The van der Waals surface area contributed by atoms with E-state index in [0.29, 0.717) is 23.9 Å². The van der Waals surface area contributed by atoms with Crippen molar-refractivity contribution in [1.29, 1.82) is 0 Å². The molecule has 0 spiro atoms. The number of aromatic nitrogens is 4. The van der Waals surface area contributed by atoms with Gasteiger partial charge in [0, 0.05) is 33.0 Å². The maximum atomic E-state index is 14.3. The summed E-state index contributed by atoms with van der Waals surface area (Å²) in [6.45, 7) is 0.537. The summed E-state index contributed by atoms with van der Waals surface area (Å²) in [4.78, 5) is 5.80. The Kier molecular flexibility index (Phi) is 4.21. The van der Waals surface area contributed by atoms with Gasteiger partial charge in [-0.2, -0.15) is 4.68 Å². The zero-order valence-electron chi connectivity index (χ0n) is 14.2. The molecule has 0 saturated carbocycles. The van der Waals surface area contributed by atoms with Gasteiger partial charge in [0.25, 0.3) is 0 Å². The van der Waals surface area contributed by atoms with Crippen LogP contribution < -0.4 is 4.74 Å². The molecule has 5 rings (SSSR count). The molecule has 0 N–H and O–H groups in total. The third-order valence-electron chi connectivity index (χ3n) is 4.41. The van der Waals surface area contributed by atoms with Crippen LogP contribution in [0.2, 0.25) is 0 Å². The third-order valence-corrected chi connectivity index (χ3v) is 5.99. The van der Waals surface area contributed by atoms with Crippen molar-refractivity contribution < 1.29 is 13.5 Å². The van der Waals surface area contributed by atoms with Crippen molar-refractivity contribution in [3.63, 3.8) is 0 Å². The van der Waals surface area contributed by atoms with E-state index < -0.39 is 11.6 Å². The summed E-state index contributed by atoms with van der Waals surface area (Å²) in [6, 6.07) is 9.23. The van der Waals surface area contributed by atoms with Gasteiger partial charge in [-0.05, 0) is 30.3 Å². The minimum atomic E-state index is -0.676. The molecule has 4 aromatic rings. The Morgan fingerprint density at radius 1 is 1.11 bits per heavy atom. The van der Waals surface area contributed by atoms with E-state index in [4.69, 9.17) is 9.72 Å². The van der Waals surface area contributed by atoms with Crippen LogP contribution in [-0.4, -0.2) is 26.6 Å². The highest BCUT2D eigenvalue weighted by atomic mass is 79.9. The Balaban J connectivity index is 1.64. The van der Waals surface area contributed by atoms with Gasteiger partial charge < -0.3 is 4.74 Å². The molecule has 28 heavy (non-hydrogen) atoms. The highest BCUT2D eigenvalue weighted by Crippen LogP contribution is 2.40. The van der Waals surface area contributed by atoms with E-state index in [-0.39, 0.29) is 5.56 Å². The molecule has 0 radical (unpaired) electrons. The van der Waals surface area contributed by atoms with E-state index in [1.54, 1.807) is 0 Å².